The molecule has 0 unspecified atom stereocenters. The summed E-state index contributed by atoms with van der Waals surface area (Å²) in [4.78, 5) is 23.9. The van der Waals surface area contributed by atoms with E-state index in [-0.39, 0.29) is 11.3 Å². The van der Waals surface area contributed by atoms with E-state index in [0.717, 1.165) is 11.6 Å². The number of carbonyl (C=O) groups excluding carboxylic acids is 2. The molecule has 0 bridgehead atoms. The molecule has 132 valence electrons. The second kappa shape index (κ2) is 8.14. The van der Waals surface area contributed by atoms with Crippen molar-refractivity contribution in [1.82, 2.24) is 0 Å². The fourth-order valence-electron chi connectivity index (χ4n) is 2.11. The monoisotopic (exact) mass is 347 g/mol. The van der Waals surface area contributed by atoms with Crippen molar-refractivity contribution in [2.75, 3.05) is 26.1 Å². The number of aryl methyl sites for hydroxylation is 1. The van der Waals surface area contributed by atoms with Gasteiger partial charge >= 0.3 is 5.97 Å². The van der Waals surface area contributed by atoms with Gasteiger partial charge in [-0.2, -0.15) is 0 Å². The SMILES string of the molecule is COc1ccc(C(=O)OCC(=O)Nc2cc(C)ccc2OC)cc1F. The number of esters is 1. The van der Waals surface area contributed by atoms with Crippen molar-refractivity contribution in [3.05, 3.63) is 53.3 Å². The van der Waals surface area contributed by atoms with Crippen LogP contribution in [0.3, 0.4) is 0 Å². The molecule has 0 aromatic heterocycles. The van der Waals surface area contributed by atoms with E-state index in [1.165, 1.54) is 26.4 Å². The van der Waals surface area contributed by atoms with E-state index in [0.29, 0.717) is 11.4 Å². The molecule has 1 N–H and O–H groups in total. The molecule has 0 spiro atoms. The maximum atomic E-state index is 13.6. The van der Waals surface area contributed by atoms with Crippen molar-refractivity contribution >= 4 is 17.6 Å². The van der Waals surface area contributed by atoms with Crippen molar-refractivity contribution in [1.29, 1.82) is 0 Å². The van der Waals surface area contributed by atoms with Gasteiger partial charge in [0.1, 0.15) is 5.75 Å². The van der Waals surface area contributed by atoms with Crippen LogP contribution in [0.15, 0.2) is 36.4 Å². The van der Waals surface area contributed by atoms with Crippen LogP contribution < -0.4 is 14.8 Å². The lowest BCUT2D eigenvalue weighted by Gasteiger charge is -2.11. The third-order valence-corrected chi connectivity index (χ3v) is 3.35. The fourth-order valence-corrected chi connectivity index (χ4v) is 2.11. The summed E-state index contributed by atoms with van der Waals surface area (Å²) < 4.78 is 28.4. The normalized spacial score (nSPS) is 10.1. The maximum absolute atomic E-state index is 13.6. The van der Waals surface area contributed by atoms with Gasteiger partial charge in [-0.25, -0.2) is 9.18 Å². The summed E-state index contributed by atoms with van der Waals surface area (Å²) in [5, 5.41) is 2.60. The van der Waals surface area contributed by atoms with Gasteiger partial charge in [0.05, 0.1) is 25.5 Å². The molecule has 0 heterocycles. The Morgan fingerprint density at radius 3 is 2.36 bits per heavy atom. The molecule has 7 heteroatoms. The third kappa shape index (κ3) is 4.69. The Morgan fingerprint density at radius 1 is 1.04 bits per heavy atom. The lowest BCUT2D eigenvalue weighted by atomic mass is 10.2. The highest BCUT2D eigenvalue weighted by Crippen LogP contribution is 2.25. The highest BCUT2D eigenvalue weighted by molar-refractivity contribution is 5.96. The Labute approximate surface area is 144 Å². The quantitative estimate of drug-likeness (QED) is 0.813. The zero-order valence-electron chi connectivity index (χ0n) is 14.1. The van der Waals surface area contributed by atoms with Crippen molar-refractivity contribution < 1.29 is 28.2 Å². The Balaban J connectivity index is 1.97. The summed E-state index contributed by atoms with van der Waals surface area (Å²) in [5.74, 6) is -1.53. The van der Waals surface area contributed by atoms with E-state index in [4.69, 9.17) is 14.2 Å². The van der Waals surface area contributed by atoms with E-state index >= 15 is 0 Å². The topological polar surface area (TPSA) is 73.9 Å². The van der Waals surface area contributed by atoms with Crippen LogP contribution >= 0.6 is 0 Å². The first kappa shape index (κ1) is 18.3. The van der Waals surface area contributed by atoms with Crippen molar-refractivity contribution in [3.63, 3.8) is 0 Å². The lowest BCUT2D eigenvalue weighted by Crippen LogP contribution is -2.21. The first-order valence-corrected chi connectivity index (χ1v) is 7.39. The van der Waals surface area contributed by atoms with Crippen LogP contribution in [-0.4, -0.2) is 32.7 Å². The van der Waals surface area contributed by atoms with Crippen LogP contribution in [0.5, 0.6) is 11.5 Å². The summed E-state index contributed by atoms with van der Waals surface area (Å²) >= 11 is 0. The summed E-state index contributed by atoms with van der Waals surface area (Å²) in [5.41, 5.74) is 1.39. The lowest BCUT2D eigenvalue weighted by molar-refractivity contribution is -0.119. The largest absolute Gasteiger partial charge is 0.495 e. The number of benzene rings is 2. The van der Waals surface area contributed by atoms with Gasteiger partial charge in [0.2, 0.25) is 0 Å². The molecule has 2 aromatic rings. The molecule has 0 aliphatic rings. The second-order valence-corrected chi connectivity index (χ2v) is 5.18. The number of hydrogen-bond donors (Lipinski definition) is 1. The van der Waals surface area contributed by atoms with Crippen molar-refractivity contribution in [2.45, 2.75) is 6.92 Å². The maximum Gasteiger partial charge on any atom is 0.338 e. The van der Waals surface area contributed by atoms with E-state index in [1.807, 2.05) is 13.0 Å². The molecule has 0 fully saturated rings. The molecule has 6 nitrogen and oxygen atoms in total. The molecule has 0 aliphatic heterocycles. The first-order chi connectivity index (χ1) is 11.9. The molecule has 0 radical (unpaired) electrons. The molecular weight excluding hydrogens is 329 g/mol. The van der Waals surface area contributed by atoms with Gasteiger partial charge in [-0.3, -0.25) is 4.79 Å². The smallest absolute Gasteiger partial charge is 0.338 e. The number of nitrogens with one attached hydrogen (secondary N) is 1. The minimum atomic E-state index is -0.812. The number of amides is 1. The average Bonchev–Trinajstić information content (AvgIpc) is 2.59. The minimum absolute atomic E-state index is 0.0146. The van der Waals surface area contributed by atoms with Gasteiger partial charge in [0.15, 0.2) is 18.2 Å². The summed E-state index contributed by atoms with van der Waals surface area (Å²) in [7, 11) is 2.80. The van der Waals surface area contributed by atoms with Gasteiger partial charge in [0.25, 0.3) is 5.91 Å². The van der Waals surface area contributed by atoms with Gasteiger partial charge < -0.3 is 19.5 Å². The molecule has 0 atom stereocenters. The van der Waals surface area contributed by atoms with Crippen LogP contribution in [0.25, 0.3) is 0 Å². The Hall–Kier alpha value is -3.09. The number of hydrogen-bond acceptors (Lipinski definition) is 5. The molecule has 0 saturated heterocycles. The predicted molar refractivity (Wildman–Crippen MR) is 89.6 cm³/mol. The Bertz CT molecular complexity index is 791. The Morgan fingerprint density at radius 2 is 1.72 bits per heavy atom. The van der Waals surface area contributed by atoms with Gasteiger partial charge in [-0.05, 0) is 42.8 Å². The number of methoxy groups -OCH3 is 2. The van der Waals surface area contributed by atoms with Gasteiger partial charge in [-0.1, -0.05) is 6.07 Å². The summed E-state index contributed by atoms with van der Waals surface area (Å²) in [6.07, 6.45) is 0. The van der Waals surface area contributed by atoms with Crippen LogP contribution in [0.4, 0.5) is 10.1 Å². The predicted octanol–water partition coefficient (Wildman–Crippen LogP) is 2.95. The van der Waals surface area contributed by atoms with Crippen LogP contribution in [-0.2, 0) is 9.53 Å². The molecule has 2 rings (SSSR count). The van der Waals surface area contributed by atoms with E-state index in [2.05, 4.69) is 5.32 Å². The van der Waals surface area contributed by atoms with Gasteiger partial charge in [0, 0.05) is 0 Å². The van der Waals surface area contributed by atoms with Crippen LogP contribution in [0.1, 0.15) is 15.9 Å². The molecule has 2 aromatic carbocycles. The average molecular weight is 347 g/mol. The number of ether oxygens (including phenoxy) is 3. The second-order valence-electron chi connectivity index (χ2n) is 5.18. The van der Waals surface area contributed by atoms with Crippen molar-refractivity contribution in [3.8, 4) is 11.5 Å². The standard InChI is InChI=1S/C18H18FNO5/c1-11-4-6-16(24-3)14(8-11)20-17(21)10-25-18(22)12-5-7-15(23-2)13(19)9-12/h4-9H,10H2,1-3H3,(H,20,21). The number of halogens is 1. The number of anilines is 1. The Kier molecular flexibility index (Phi) is 5.94. The van der Waals surface area contributed by atoms with Gasteiger partial charge in [-0.15, -0.1) is 0 Å². The zero-order valence-corrected chi connectivity index (χ0v) is 14.1. The van der Waals surface area contributed by atoms with Crippen LogP contribution in [0, 0.1) is 12.7 Å². The highest BCUT2D eigenvalue weighted by atomic mass is 19.1. The fraction of sp³-hybridized carbons (Fsp3) is 0.222. The molecule has 0 aliphatic carbocycles. The third-order valence-electron chi connectivity index (χ3n) is 3.35. The number of rotatable bonds is 6. The summed E-state index contributed by atoms with van der Waals surface area (Å²) in [6.45, 7) is 1.36. The first-order valence-electron chi connectivity index (χ1n) is 7.39. The highest BCUT2D eigenvalue weighted by Gasteiger charge is 2.14. The van der Waals surface area contributed by atoms with E-state index < -0.39 is 24.3 Å². The van der Waals surface area contributed by atoms with E-state index in [9.17, 15) is 14.0 Å². The minimum Gasteiger partial charge on any atom is -0.495 e. The van der Waals surface area contributed by atoms with Crippen LogP contribution in [0.2, 0.25) is 0 Å². The number of carbonyl (C=O) groups is 2. The van der Waals surface area contributed by atoms with Crippen molar-refractivity contribution in [2.24, 2.45) is 0 Å². The molecule has 25 heavy (non-hydrogen) atoms. The van der Waals surface area contributed by atoms with E-state index in [1.54, 1.807) is 12.1 Å². The zero-order chi connectivity index (χ0) is 18.4. The summed E-state index contributed by atoms with van der Waals surface area (Å²) in [6, 6.07) is 8.94. The molecule has 1 amide bonds. The molecular formula is C18H18FNO5. The molecule has 0 saturated carbocycles.